The third-order valence-electron chi connectivity index (χ3n) is 1.05. The summed E-state index contributed by atoms with van der Waals surface area (Å²) in [6.45, 7) is 0. The number of nitrogens with zero attached hydrogens (tertiary/aromatic N) is 1. The molecule has 1 rings (SSSR count). The summed E-state index contributed by atoms with van der Waals surface area (Å²) in [7, 11) is 0. The van der Waals surface area contributed by atoms with E-state index in [4.69, 9.17) is 5.11 Å². The van der Waals surface area contributed by atoms with E-state index >= 15 is 0 Å². The van der Waals surface area contributed by atoms with E-state index in [1.54, 1.807) is 0 Å². The molecule has 0 saturated carbocycles. The van der Waals surface area contributed by atoms with Crippen LogP contribution < -0.4 is 3.13 Å². The molecule has 1 heterocycles. The Morgan fingerprint density at radius 1 is 1.67 bits per heavy atom. The average Bonchev–Trinajstić information content (AvgIpc) is 2.50. The number of ketones is 1. The van der Waals surface area contributed by atoms with Crippen molar-refractivity contribution in [2.24, 2.45) is 0 Å². The van der Waals surface area contributed by atoms with Crippen molar-refractivity contribution in [3.63, 3.8) is 0 Å². The molecule has 0 unspecified atom stereocenters. The molecular formula is C5H3N2O3STl. The molecule has 0 aromatic carbocycles. The Labute approximate surface area is 87.9 Å². The minimum atomic E-state index is -1.47. The first-order chi connectivity index (χ1) is 5.65. The standard InChI is InChI=1S/C5H4N2O3S.Tl/c6-5-7-2(1-11-5)3(8)4(9)10;/h1H,(H3,6,7,9,10);/q;+1/p-1. The van der Waals surface area contributed by atoms with Crippen LogP contribution in [0, 0.1) is 0 Å². The van der Waals surface area contributed by atoms with Crippen LogP contribution in [0.1, 0.15) is 10.5 Å². The van der Waals surface area contributed by atoms with Gasteiger partial charge in [-0.3, -0.25) is 0 Å². The van der Waals surface area contributed by atoms with Crippen LogP contribution >= 0.6 is 11.3 Å². The molecule has 0 bridgehead atoms. The summed E-state index contributed by atoms with van der Waals surface area (Å²) in [5.41, 5.74) is -0.00403. The van der Waals surface area contributed by atoms with Gasteiger partial charge < -0.3 is 0 Å². The molecule has 0 aliphatic heterocycles. The maximum absolute atomic E-state index is 10.8. The van der Waals surface area contributed by atoms with E-state index < -0.39 is 11.8 Å². The number of carbonyl (C=O) groups excluding carboxylic acids is 1. The van der Waals surface area contributed by atoms with Gasteiger partial charge in [0.2, 0.25) is 0 Å². The molecule has 0 spiro atoms. The number of thiazole rings is 1. The van der Waals surface area contributed by atoms with Gasteiger partial charge in [0.05, 0.1) is 0 Å². The molecule has 1 aromatic rings. The summed E-state index contributed by atoms with van der Waals surface area (Å²) in [5, 5.41) is 10.4. The van der Waals surface area contributed by atoms with Gasteiger partial charge in [-0.25, -0.2) is 0 Å². The van der Waals surface area contributed by atoms with Crippen molar-refractivity contribution < 1.29 is 14.7 Å². The van der Waals surface area contributed by atoms with Gasteiger partial charge in [0.25, 0.3) is 0 Å². The monoisotopic (exact) mass is 376 g/mol. The van der Waals surface area contributed by atoms with Gasteiger partial charge in [-0.2, -0.15) is 0 Å². The molecule has 0 aliphatic rings. The fourth-order valence-corrected chi connectivity index (χ4v) is 2.20. The van der Waals surface area contributed by atoms with Crippen LogP contribution in [0.4, 0.5) is 5.13 Å². The van der Waals surface area contributed by atoms with E-state index in [1.807, 2.05) is 0 Å². The molecule has 0 amide bonds. The van der Waals surface area contributed by atoms with Gasteiger partial charge in [-0.05, 0) is 0 Å². The number of rotatable bonds is 3. The number of nitrogens with one attached hydrogen (secondary N) is 1. The Hall–Kier alpha value is -0.508. The van der Waals surface area contributed by atoms with E-state index in [2.05, 4.69) is 8.11 Å². The summed E-state index contributed by atoms with van der Waals surface area (Å²) >= 11 is 1.77. The molecule has 2 N–H and O–H groups in total. The molecule has 0 radical (unpaired) electrons. The predicted molar refractivity (Wildman–Crippen MR) is 43.5 cm³/mol. The van der Waals surface area contributed by atoms with Gasteiger partial charge in [0.1, 0.15) is 0 Å². The van der Waals surface area contributed by atoms with Crippen LogP contribution in [0.25, 0.3) is 0 Å². The van der Waals surface area contributed by atoms with Crippen molar-refractivity contribution in [2.45, 2.75) is 0 Å². The second-order valence-corrected chi connectivity index (χ2v) is 3.80. The Kier molecular flexibility index (Phi) is 3.14. The van der Waals surface area contributed by atoms with E-state index in [-0.39, 0.29) is 5.69 Å². The van der Waals surface area contributed by atoms with Gasteiger partial charge in [-0.1, -0.05) is 0 Å². The van der Waals surface area contributed by atoms with Gasteiger partial charge >= 0.3 is 88.2 Å². The van der Waals surface area contributed by atoms with Gasteiger partial charge in [0.15, 0.2) is 0 Å². The van der Waals surface area contributed by atoms with Crippen LogP contribution in [0.3, 0.4) is 0 Å². The quantitative estimate of drug-likeness (QED) is 0.438. The zero-order valence-corrected chi connectivity index (χ0v) is 11.1. The molecule has 5 nitrogen and oxygen atoms in total. The van der Waals surface area contributed by atoms with E-state index in [9.17, 15) is 9.59 Å². The fourth-order valence-electron chi connectivity index (χ4n) is 0.554. The first kappa shape index (κ1) is 9.58. The van der Waals surface area contributed by atoms with Crippen LogP contribution in [0.2, 0.25) is 0 Å². The van der Waals surface area contributed by atoms with E-state index in [1.165, 1.54) is 16.7 Å². The third kappa shape index (κ3) is 2.00. The zero-order chi connectivity index (χ0) is 9.14. The number of hydrogen-bond acceptors (Lipinski definition) is 5. The van der Waals surface area contributed by atoms with Crippen molar-refractivity contribution in [3.8, 4) is 0 Å². The average molecular weight is 376 g/mol. The molecule has 12 heavy (non-hydrogen) atoms. The molecule has 0 saturated heterocycles. The topological polar surface area (TPSA) is 79.3 Å². The Balaban J connectivity index is 2.89. The number of anilines is 1. The number of Topliss-reactive ketones (excluding diaryl/α,β-unsaturated/α-hetero) is 1. The summed E-state index contributed by atoms with van der Waals surface area (Å²) in [4.78, 5) is 24.8. The second-order valence-electron chi connectivity index (χ2n) is 1.82. The SMILES string of the molecule is O=C(O)C(=O)c1csc([NH][Tl])n1. The van der Waals surface area contributed by atoms with Crippen molar-refractivity contribution in [1.82, 2.24) is 4.98 Å². The Bertz CT molecular complexity index is 324. The number of aliphatic carboxylic acids is 1. The van der Waals surface area contributed by atoms with Crippen LogP contribution in [0.15, 0.2) is 5.38 Å². The minimum absolute atomic E-state index is 0.00403. The molecule has 1 aromatic heterocycles. The Morgan fingerprint density at radius 2 is 2.33 bits per heavy atom. The van der Waals surface area contributed by atoms with Crippen molar-refractivity contribution in [3.05, 3.63) is 11.1 Å². The Morgan fingerprint density at radius 3 is 2.75 bits per heavy atom. The number of carboxylic acid groups (broad SMARTS) is 1. The van der Waals surface area contributed by atoms with E-state index in [0.717, 1.165) is 0 Å². The number of carbonyl (C=O) groups is 2. The third-order valence-corrected chi connectivity index (χ3v) is 3.70. The van der Waals surface area contributed by atoms with Gasteiger partial charge in [0, 0.05) is 0 Å². The molecule has 60 valence electrons. The zero-order valence-electron chi connectivity index (χ0n) is 5.77. The first-order valence-corrected chi connectivity index (χ1v) is 5.97. The van der Waals surface area contributed by atoms with Crippen LogP contribution in [0.5, 0.6) is 0 Å². The molecule has 0 fully saturated rings. The van der Waals surface area contributed by atoms with Crippen LogP contribution in [-0.2, 0) is 4.79 Å². The fraction of sp³-hybridized carbons (Fsp3) is 0. The molecule has 7 heteroatoms. The number of hydrogen-bond donors (Lipinski definition) is 2. The number of carboxylic acids is 1. The second kappa shape index (κ2) is 3.94. The first-order valence-electron chi connectivity index (χ1n) is 2.85. The maximum atomic E-state index is 10.8. The summed E-state index contributed by atoms with van der Waals surface area (Å²) < 4.78 is 2.87. The number of aromatic nitrogens is 1. The van der Waals surface area contributed by atoms with Crippen molar-refractivity contribution >= 4 is 54.3 Å². The van der Waals surface area contributed by atoms with Crippen LogP contribution in [-0.4, -0.2) is 47.9 Å². The van der Waals surface area contributed by atoms with Crippen molar-refractivity contribution in [2.75, 3.05) is 3.13 Å². The molecule has 0 atom stereocenters. The molecule has 0 aliphatic carbocycles. The summed E-state index contributed by atoms with van der Waals surface area (Å²) in [5.74, 6) is -2.43. The molecular weight excluding hydrogens is 373 g/mol. The van der Waals surface area contributed by atoms with Gasteiger partial charge in [-0.15, -0.1) is 0 Å². The van der Waals surface area contributed by atoms with E-state index in [0.29, 0.717) is 31.2 Å². The summed E-state index contributed by atoms with van der Waals surface area (Å²) in [6, 6.07) is 0. The normalized spacial score (nSPS) is 9.25. The van der Waals surface area contributed by atoms with Crippen molar-refractivity contribution in [1.29, 1.82) is 0 Å². The predicted octanol–water partition coefficient (Wildman–Crippen LogP) is -0.0942. The summed E-state index contributed by atoms with van der Waals surface area (Å²) in [6.07, 6.45) is 0.